The molecule has 4 aromatic rings. The maximum Gasteiger partial charge on any atom is 0.255 e. The van der Waals surface area contributed by atoms with Crippen LogP contribution in [-0.2, 0) is 0 Å². The van der Waals surface area contributed by atoms with Crippen LogP contribution in [0.4, 0.5) is 10.1 Å². The average Bonchev–Trinajstić information content (AvgIpc) is 3.08. The van der Waals surface area contributed by atoms with Crippen molar-refractivity contribution in [1.82, 2.24) is 9.38 Å². The lowest BCUT2D eigenvalue weighted by Crippen LogP contribution is -2.11. The molecule has 2 aromatic carbocycles. The minimum absolute atomic E-state index is 0.284. The fourth-order valence-electron chi connectivity index (χ4n) is 2.85. The van der Waals surface area contributed by atoms with E-state index in [-0.39, 0.29) is 11.7 Å². The number of fused-ring (bicyclic) bond motifs is 1. The summed E-state index contributed by atoms with van der Waals surface area (Å²) >= 11 is 0. The maximum absolute atomic E-state index is 13.0. The van der Waals surface area contributed by atoms with Gasteiger partial charge in [0.2, 0.25) is 0 Å². The van der Waals surface area contributed by atoms with E-state index in [1.54, 1.807) is 0 Å². The van der Waals surface area contributed by atoms with Crippen molar-refractivity contribution in [2.45, 2.75) is 6.92 Å². The average molecular weight is 345 g/mol. The molecule has 128 valence electrons. The molecule has 0 saturated heterocycles. The molecule has 0 unspecified atom stereocenters. The summed E-state index contributed by atoms with van der Waals surface area (Å²) in [5, 5.41) is 2.84. The summed E-state index contributed by atoms with van der Waals surface area (Å²) in [7, 11) is 0. The monoisotopic (exact) mass is 345 g/mol. The Morgan fingerprint density at radius 2 is 1.88 bits per heavy atom. The van der Waals surface area contributed by atoms with Crippen LogP contribution in [0.1, 0.15) is 15.9 Å². The molecular weight excluding hydrogens is 329 g/mol. The van der Waals surface area contributed by atoms with E-state index in [1.165, 1.54) is 24.3 Å². The largest absolute Gasteiger partial charge is 0.322 e. The number of carbonyl (C=O) groups excluding carboxylic acids is 1. The molecule has 0 aliphatic carbocycles. The highest BCUT2D eigenvalue weighted by Crippen LogP contribution is 2.23. The zero-order valence-electron chi connectivity index (χ0n) is 14.1. The first kappa shape index (κ1) is 16.0. The van der Waals surface area contributed by atoms with Gasteiger partial charge in [-0.15, -0.1) is 0 Å². The molecule has 0 aliphatic heterocycles. The molecule has 0 fully saturated rings. The van der Waals surface area contributed by atoms with Crippen LogP contribution in [0.2, 0.25) is 0 Å². The summed E-state index contributed by atoms with van der Waals surface area (Å²) in [4.78, 5) is 17.0. The smallest absolute Gasteiger partial charge is 0.255 e. The number of amides is 1. The highest BCUT2D eigenvalue weighted by molar-refractivity contribution is 6.04. The zero-order chi connectivity index (χ0) is 18.1. The van der Waals surface area contributed by atoms with Crippen LogP contribution in [0.5, 0.6) is 0 Å². The van der Waals surface area contributed by atoms with E-state index in [1.807, 2.05) is 60.1 Å². The molecule has 0 radical (unpaired) electrons. The van der Waals surface area contributed by atoms with Gasteiger partial charge in [0, 0.05) is 29.2 Å². The molecule has 0 spiro atoms. The summed E-state index contributed by atoms with van der Waals surface area (Å²) in [5.41, 5.74) is 4.80. The van der Waals surface area contributed by atoms with E-state index >= 15 is 0 Å². The van der Waals surface area contributed by atoms with Crippen molar-refractivity contribution >= 4 is 17.2 Å². The van der Waals surface area contributed by atoms with Crippen molar-refractivity contribution in [3.63, 3.8) is 0 Å². The lowest BCUT2D eigenvalue weighted by atomic mass is 10.1. The van der Waals surface area contributed by atoms with Gasteiger partial charge in [-0.25, -0.2) is 9.37 Å². The number of benzene rings is 2. The van der Waals surface area contributed by atoms with Gasteiger partial charge in [-0.3, -0.25) is 4.79 Å². The number of halogens is 1. The molecule has 1 amide bonds. The molecule has 0 aliphatic rings. The van der Waals surface area contributed by atoms with Crippen LogP contribution in [0.25, 0.3) is 16.9 Å². The second kappa shape index (κ2) is 6.44. The number of rotatable bonds is 3. The lowest BCUT2D eigenvalue weighted by molar-refractivity contribution is 0.102. The third-order valence-electron chi connectivity index (χ3n) is 4.20. The number of aromatic nitrogens is 2. The highest BCUT2D eigenvalue weighted by atomic mass is 19.1. The summed E-state index contributed by atoms with van der Waals surface area (Å²) in [6, 6.07) is 17.0. The molecule has 5 heteroatoms. The first-order chi connectivity index (χ1) is 12.6. The van der Waals surface area contributed by atoms with E-state index in [4.69, 9.17) is 0 Å². The Morgan fingerprint density at radius 1 is 1.08 bits per heavy atom. The van der Waals surface area contributed by atoms with Gasteiger partial charge >= 0.3 is 0 Å². The topological polar surface area (TPSA) is 46.4 Å². The van der Waals surface area contributed by atoms with Crippen LogP contribution in [-0.4, -0.2) is 15.3 Å². The minimum atomic E-state index is -0.370. The molecule has 2 heterocycles. The van der Waals surface area contributed by atoms with Gasteiger partial charge < -0.3 is 9.72 Å². The molecule has 0 atom stereocenters. The molecule has 1 N–H and O–H groups in total. The number of carbonyl (C=O) groups is 1. The SMILES string of the molecule is Cc1cccn2cc(-c3cccc(NC(=O)c4ccc(F)cc4)c3)nc12. The van der Waals surface area contributed by atoms with E-state index in [0.29, 0.717) is 11.3 Å². The first-order valence-corrected chi connectivity index (χ1v) is 8.22. The van der Waals surface area contributed by atoms with Gasteiger partial charge in [0.25, 0.3) is 5.91 Å². The fraction of sp³-hybridized carbons (Fsp3) is 0.0476. The summed E-state index contributed by atoms with van der Waals surface area (Å²) in [6.07, 6.45) is 3.92. The van der Waals surface area contributed by atoms with Gasteiger partial charge in [-0.2, -0.15) is 0 Å². The van der Waals surface area contributed by atoms with Gasteiger partial charge in [-0.05, 0) is 55.0 Å². The number of imidazole rings is 1. The van der Waals surface area contributed by atoms with E-state index < -0.39 is 0 Å². The Hall–Kier alpha value is -3.47. The molecule has 0 saturated carbocycles. The number of aryl methyl sites for hydroxylation is 1. The quantitative estimate of drug-likeness (QED) is 0.585. The summed E-state index contributed by atoms with van der Waals surface area (Å²) in [6.45, 7) is 2.02. The van der Waals surface area contributed by atoms with Crippen molar-refractivity contribution < 1.29 is 9.18 Å². The third kappa shape index (κ3) is 3.07. The van der Waals surface area contributed by atoms with Crippen molar-refractivity contribution in [3.05, 3.63) is 90.0 Å². The van der Waals surface area contributed by atoms with Crippen molar-refractivity contribution in [2.24, 2.45) is 0 Å². The molecular formula is C21H16FN3O. The molecule has 4 rings (SSSR count). The second-order valence-corrected chi connectivity index (χ2v) is 6.09. The minimum Gasteiger partial charge on any atom is -0.322 e. The van der Waals surface area contributed by atoms with Crippen LogP contribution >= 0.6 is 0 Å². The second-order valence-electron chi connectivity index (χ2n) is 6.09. The summed E-state index contributed by atoms with van der Waals surface area (Å²) < 4.78 is 15.0. The molecule has 0 bridgehead atoms. The zero-order valence-corrected chi connectivity index (χ0v) is 14.1. The van der Waals surface area contributed by atoms with Crippen LogP contribution < -0.4 is 5.32 Å². The van der Waals surface area contributed by atoms with Gasteiger partial charge in [0.15, 0.2) is 0 Å². The maximum atomic E-state index is 13.0. The predicted molar refractivity (Wildman–Crippen MR) is 99.7 cm³/mol. The lowest BCUT2D eigenvalue weighted by Gasteiger charge is -2.06. The van der Waals surface area contributed by atoms with Gasteiger partial charge in [0.1, 0.15) is 11.5 Å². The first-order valence-electron chi connectivity index (χ1n) is 8.22. The molecule has 4 nitrogen and oxygen atoms in total. The standard InChI is InChI=1S/C21H16FN3O/c1-14-4-3-11-25-13-19(24-20(14)25)16-5-2-6-18(12-16)23-21(26)15-7-9-17(22)10-8-15/h2-13H,1H3,(H,23,26). The molecule has 26 heavy (non-hydrogen) atoms. The Labute approximate surface area is 149 Å². The van der Waals surface area contributed by atoms with Gasteiger partial charge in [0.05, 0.1) is 5.69 Å². The van der Waals surface area contributed by atoms with Crippen molar-refractivity contribution in [2.75, 3.05) is 5.32 Å². The number of pyridine rings is 1. The molecule has 2 aromatic heterocycles. The third-order valence-corrected chi connectivity index (χ3v) is 4.20. The number of nitrogens with one attached hydrogen (secondary N) is 1. The van der Waals surface area contributed by atoms with Crippen molar-refractivity contribution in [3.8, 4) is 11.3 Å². The summed E-state index contributed by atoms with van der Waals surface area (Å²) in [5.74, 6) is -0.654. The van der Waals surface area contributed by atoms with E-state index in [0.717, 1.165) is 22.5 Å². The van der Waals surface area contributed by atoms with Gasteiger partial charge in [-0.1, -0.05) is 18.2 Å². The highest BCUT2D eigenvalue weighted by Gasteiger charge is 2.09. The van der Waals surface area contributed by atoms with Crippen LogP contribution in [0, 0.1) is 12.7 Å². The number of hydrogen-bond acceptors (Lipinski definition) is 2. The van der Waals surface area contributed by atoms with Crippen LogP contribution in [0.3, 0.4) is 0 Å². The van der Waals surface area contributed by atoms with E-state index in [2.05, 4.69) is 10.3 Å². The number of hydrogen-bond donors (Lipinski definition) is 1. The number of nitrogens with zero attached hydrogens (tertiary/aromatic N) is 2. The Kier molecular flexibility index (Phi) is 3.97. The Morgan fingerprint density at radius 3 is 2.65 bits per heavy atom. The number of anilines is 1. The predicted octanol–water partition coefficient (Wildman–Crippen LogP) is 4.70. The van der Waals surface area contributed by atoms with Crippen molar-refractivity contribution in [1.29, 1.82) is 0 Å². The Bertz CT molecular complexity index is 1100. The normalized spacial score (nSPS) is 10.8. The fourth-order valence-corrected chi connectivity index (χ4v) is 2.85. The van der Waals surface area contributed by atoms with E-state index in [9.17, 15) is 9.18 Å². The Balaban J connectivity index is 1.62. The van der Waals surface area contributed by atoms with Crippen LogP contribution in [0.15, 0.2) is 73.1 Å².